The molecule has 0 spiro atoms. The maximum Gasteiger partial charge on any atom is 0.326 e. The first-order chi connectivity index (χ1) is 8.58. The SMILES string of the molecule is CCCC(NC(=O)C1CN(CC)CCO1)C(=O)O. The third kappa shape index (κ3) is 4.27. The van der Waals surface area contributed by atoms with Crippen LogP contribution in [-0.2, 0) is 14.3 Å². The number of nitrogens with zero attached hydrogens (tertiary/aromatic N) is 1. The van der Waals surface area contributed by atoms with Gasteiger partial charge in [0.05, 0.1) is 6.61 Å². The van der Waals surface area contributed by atoms with E-state index in [9.17, 15) is 9.59 Å². The molecule has 1 fully saturated rings. The van der Waals surface area contributed by atoms with Crippen molar-refractivity contribution in [3.05, 3.63) is 0 Å². The number of hydrogen-bond donors (Lipinski definition) is 2. The summed E-state index contributed by atoms with van der Waals surface area (Å²) in [6.07, 6.45) is 0.590. The van der Waals surface area contributed by atoms with E-state index >= 15 is 0 Å². The summed E-state index contributed by atoms with van der Waals surface area (Å²) in [5, 5.41) is 11.5. The molecule has 6 nitrogen and oxygen atoms in total. The highest BCUT2D eigenvalue weighted by Gasteiger charge is 2.28. The molecule has 2 unspecified atom stereocenters. The summed E-state index contributed by atoms with van der Waals surface area (Å²) in [6.45, 7) is 6.63. The lowest BCUT2D eigenvalue weighted by Gasteiger charge is -2.31. The molecule has 18 heavy (non-hydrogen) atoms. The van der Waals surface area contributed by atoms with Crippen LogP contribution in [0, 0.1) is 0 Å². The Morgan fingerprint density at radius 2 is 2.22 bits per heavy atom. The van der Waals surface area contributed by atoms with Crippen molar-refractivity contribution in [1.29, 1.82) is 0 Å². The van der Waals surface area contributed by atoms with Crippen LogP contribution in [0.25, 0.3) is 0 Å². The van der Waals surface area contributed by atoms with Crippen molar-refractivity contribution in [3.8, 4) is 0 Å². The summed E-state index contributed by atoms with van der Waals surface area (Å²) in [4.78, 5) is 25.0. The Morgan fingerprint density at radius 1 is 1.50 bits per heavy atom. The molecular weight excluding hydrogens is 236 g/mol. The number of carboxylic acids is 1. The minimum Gasteiger partial charge on any atom is -0.480 e. The molecule has 2 atom stereocenters. The predicted octanol–water partition coefficient (Wildman–Crippen LogP) is 0.0766. The quantitative estimate of drug-likeness (QED) is 0.705. The average molecular weight is 258 g/mol. The Hall–Kier alpha value is -1.14. The zero-order chi connectivity index (χ0) is 13.5. The van der Waals surface area contributed by atoms with E-state index in [1.54, 1.807) is 0 Å². The van der Waals surface area contributed by atoms with Crippen LogP contribution in [0.1, 0.15) is 26.7 Å². The Balaban J connectivity index is 2.50. The van der Waals surface area contributed by atoms with Gasteiger partial charge in [0.15, 0.2) is 0 Å². The summed E-state index contributed by atoms with van der Waals surface area (Å²) in [5.74, 6) is -1.32. The molecule has 1 rings (SSSR count). The normalized spacial score (nSPS) is 22.4. The van der Waals surface area contributed by atoms with Gasteiger partial charge in [-0.2, -0.15) is 0 Å². The number of amides is 1. The maximum atomic E-state index is 11.9. The number of ether oxygens (including phenoxy) is 1. The van der Waals surface area contributed by atoms with E-state index in [1.807, 2.05) is 13.8 Å². The molecule has 0 saturated carbocycles. The van der Waals surface area contributed by atoms with Gasteiger partial charge in [-0.3, -0.25) is 9.69 Å². The fraction of sp³-hybridized carbons (Fsp3) is 0.833. The number of aliphatic carboxylic acids is 1. The lowest BCUT2D eigenvalue weighted by atomic mass is 10.1. The number of carbonyl (C=O) groups is 2. The number of carboxylic acid groups (broad SMARTS) is 1. The molecule has 2 N–H and O–H groups in total. The van der Waals surface area contributed by atoms with Crippen molar-refractivity contribution < 1.29 is 19.4 Å². The minimum absolute atomic E-state index is 0.325. The van der Waals surface area contributed by atoms with Crippen LogP contribution in [-0.4, -0.2) is 60.3 Å². The summed E-state index contributed by atoms with van der Waals surface area (Å²) < 4.78 is 5.38. The van der Waals surface area contributed by atoms with Crippen LogP contribution in [0.15, 0.2) is 0 Å². The lowest BCUT2D eigenvalue weighted by Crippen LogP contribution is -2.53. The summed E-state index contributed by atoms with van der Waals surface area (Å²) in [7, 11) is 0. The van der Waals surface area contributed by atoms with Crippen molar-refractivity contribution in [2.45, 2.75) is 38.8 Å². The molecule has 0 bridgehead atoms. The standard InChI is InChI=1S/C12H22N2O4/c1-3-5-9(12(16)17)13-11(15)10-8-14(4-2)6-7-18-10/h9-10H,3-8H2,1-2H3,(H,13,15)(H,16,17). The zero-order valence-electron chi connectivity index (χ0n) is 11.0. The molecule has 0 aromatic carbocycles. The number of morpholine rings is 1. The molecule has 1 aliphatic rings. The fourth-order valence-corrected chi connectivity index (χ4v) is 1.96. The van der Waals surface area contributed by atoms with E-state index in [0.717, 1.165) is 13.1 Å². The molecule has 0 aromatic heterocycles. The average Bonchev–Trinajstić information content (AvgIpc) is 2.38. The van der Waals surface area contributed by atoms with Gasteiger partial charge >= 0.3 is 5.97 Å². The summed E-state index contributed by atoms with van der Waals surface area (Å²) in [6, 6.07) is -0.817. The van der Waals surface area contributed by atoms with Crippen molar-refractivity contribution in [2.24, 2.45) is 0 Å². The van der Waals surface area contributed by atoms with Gasteiger partial charge in [-0.15, -0.1) is 0 Å². The van der Waals surface area contributed by atoms with Crippen LogP contribution >= 0.6 is 0 Å². The van der Waals surface area contributed by atoms with Gasteiger partial charge < -0.3 is 15.2 Å². The van der Waals surface area contributed by atoms with E-state index in [-0.39, 0.29) is 5.91 Å². The zero-order valence-corrected chi connectivity index (χ0v) is 11.0. The van der Waals surface area contributed by atoms with Crippen LogP contribution in [0.5, 0.6) is 0 Å². The molecular formula is C12H22N2O4. The first-order valence-electron chi connectivity index (χ1n) is 6.45. The Kier molecular flexibility index (Phi) is 6.07. The van der Waals surface area contributed by atoms with E-state index in [0.29, 0.717) is 26.0 Å². The highest BCUT2D eigenvalue weighted by atomic mass is 16.5. The van der Waals surface area contributed by atoms with E-state index in [4.69, 9.17) is 9.84 Å². The second-order valence-corrected chi connectivity index (χ2v) is 4.44. The van der Waals surface area contributed by atoms with Crippen LogP contribution < -0.4 is 5.32 Å². The molecule has 1 amide bonds. The van der Waals surface area contributed by atoms with Gasteiger partial charge in [0.1, 0.15) is 12.1 Å². The molecule has 104 valence electrons. The highest BCUT2D eigenvalue weighted by molar-refractivity contribution is 5.86. The Labute approximate surface area is 107 Å². The van der Waals surface area contributed by atoms with Crippen molar-refractivity contribution in [2.75, 3.05) is 26.2 Å². The Bertz CT molecular complexity index is 296. The van der Waals surface area contributed by atoms with E-state index < -0.39 is 18.1 Å². The van der Waals surface area contributed by atoms with Gasteiger partial charge in [-0.25, -0.2) is 4.79 Å². The molecule has 0 aromatic rings. The van der Waals surface area contributed by atoms with Crippen LogP contribution in [0.2, 0.25) is 0 Å². The lowest BCUT2D eigenvalue weighted by molar-refractivity contribution is -0.146. The molecule has 6 heteroatoms. The predicted molar refractivity (Wildman–Crippen MR) is 66.3 cm³/mol. The van der Waals surface area contributed by atoms with Gasteiger partial charge in [0, 0.05) is 13.1 Å². The molecule has 0 radical (unpaired) electrons. The topological polar surface area (TPSA) is 78.9 Å². The molecule has 1 heterocycles. The maximum absolute atomic E-state index is 11.9. The second kappa shape index (κ2) is 7.33. The largest absolute Gasteiger partial charge is 0.480 e. The van der Waals surface area contributed by atoms with E-state index in [2.05, 4.69) is 10.2 Å². The highest BCUT2D eigenvalue weighted by Crippen LogP contribution is 2.06. The summed E-state index contributed by atoms with van der Waals surface area (Å²) in [5.41, 5.74) is 0. The monoisotopic (exact) mass is 258 g/mol. The summed E-state index contributed by atoms with van der Waals surface area (Å²) >= 11 is 0. The van der Waals surface area contributed by atoms with Crippen LogP contribution in [0.3, 0.4) is 0 Å². The number of hydrogen-bond acceptors (Lipinski definition) is 4. The van der Waals surface area contributed by atoms with Crippen molar-refractivity contribution in [1.82, 2.24) is 10.2 Å². The van der Waals surface area contributed by atoms with Crippen molar-refractivity contribution >= 4 is 11.9 Å². The first-order valence-corrected chi connectivity index (χ1v) is 6.45. The second-order valence-electron chi connectivity index (χ2n) is 4.44. The smallest absolute Gasteiger partial charge is 0.326 e. The number of nitrogens with one attached hydrogen (secondary N) is 1. The number of likely N-dealkylation sites (N-methyl/N-ethyl adjacent to an activating group) is 1. The third-order valence-electron chi connectivity index (χ3n) is 3.08. The fourth-order valence-electron chi connectivity index (χ4n) is 1.96. The van der Waals surface area contributed by atoms with Gasteiger partial charge in [0.25, 0.3) is 5.91 Å². The molecule has 1 saturated heterocycles. The number of carbonyl (C=O) groups excluding carboxylic acids is 1. The van der Waals surface area contributed by atoms with Gasteiger partial charge in [-0.1, -0.05) is 20.3 Å². The van der Waals surface area contributed by atoms with Gasteiger partial charge in [0.2, 0.25) is 0 Å². The molecule has 0 aliphatic carbocycles. The minimum atomic E-state index is -0.992. The van der Waals surface area contributed by atoms with E-state index in [1.165, 1.54) is 0 Å². The van der Waals surface area contributed by atoms with Crippen molar-refractivity contribution in [3.63, 3.8) is 0 Å². The van der Waals surface area contributed by atoms with Gasteiger partial charge in [-0.05, 0) is 13.0 Å². The third-order valence-corrected chi connectivity index (χ3v) is 3.08. The molecule has 1 aliphatic heterocycles. The first kappa shape index (κ1) is 14.9. The number of rotatable bonds is 6. The Morgan fingerprint density at radius 3 is 2.78 bits per heavy atom. The van der Waals surface area contributed by atoms with Crippen LogP contribution in [0.4, 0.5) is 0 Å².